The minimum atomic E-state index is 0.844. The van der Waals surface area contributed by atoms with E-state index in [1.54, 1.807) is 12.5 Å². The van der Waals surface area contributed by atoms with Crippen molar-refractivity contribution in [1.29, 1.82) is 0 Å². The number of nitrogens with one attached hydrogen (secondary N) is 1. The number of halogens is 1. The van der Waals surface area contributed by atoms with Crippen molar-refractivity contribution in [2.24, 2.45) is 0 Å². The van der Waals surface area contributed by atoms with Crippen LogP contribution in [0, 0.1) is 0 Å². The summed E-state index contributed by atoms with van der Waals surface area (Å²) >= 11 is 3.38. The molecule has 70 valence electrons. The molecule has 1 aromatic rings. The minimum Gasteiger partial charge on any atom is -0.464 e. The molecule has 0 fully saturated rings. The van der Waals surface area contributed by atoms with Crippen LogP contribution in [-0.2, 0) is 5.33 Å². The van der Waals surface area contributed by atoms with Crippen molar-refractivity contribution < 1.29 is 4.74 Å². The monoisotopic (exact) mass is 241 g/mol. The zero-order valence-corrected chi connectivity index (χ0v) is 9.04. The second-order valence-corrected chi connectivity index (χ2v) is 3.05. The highest BCUT2D eigenvalue weighted by Gasteiger charge is 1.91. The van der Waals surface area contributed by atoms with E-state index in [-0.39, 0.29) is 0 Å². The number of alkyl halides is 1. The molecule has 0 amide bonds. The van der Waals surface area contributed by atoms with Gasteiger partial charge in [-0.15, -0.1) is 0 Å². The summed E-state index contributed by atoms with van der Waals surface area (Å²) in [6.07, 6.45) is 3.35. The fraction of sp³-hybridized carbons (Fsp3) is 0.200. The van der Waals surface area contributed by atoms with Gasteiger partial charge in [-0.1, -0.05) is 28.1 Å². The Morgan fingerprint density at radius 2 is 2.08 bits per heavy atom. The lowest BCUT2D eigenvalue weighted by atomic mass is 10.2. The molecule has 1 N–H and O–H groups in total. The third-order valence-corrected chi connectivity index (χ3v) is 2.16. The van der Waals surface area contributed by atoms with E-state index < -0.39 is 0 Å². The summed E-state index contributed by atoms with van der Waals surface area (Å²) in [6, 6.07) is 7.93. The standard InChI is InChI=1S/C10H12BrNO/c1-12-6-7-13-10-4-2-9(8-11)3-5-10/h2-7,12H,8H2,1H3. The van der Waals surface area contributed by atoms with Crippen LogP contribution in [0.3, 0.4) is 0 Å². The summed E-state index contributed by atoms with van der Waals surface area (Å²) in [7, 11) is 1.83. The molecule has 0 saturated carbocycles. The first-order valence-electron chi connectivity index (χ1n) is 4.00. The van der Waals surface area contributed by atoms with E-state index in [2.05, 4.69) is 21.2 Å². The van der Waals surface area contributed by atoms with E-state index in [4.69, 9.17) is 4.74 Å². The van der Waals surface area contributed by atoms with Crippen LogP contribution >= 0.6 is 15.9 Å². The van der Waals surface area contributed by atoms with Gasteiger partial charge in [-0.05, 0) is 17.7 Å². The Kier molecular flexibility index (Phi) is 4.40. The van der Waals surface area contributed by atoms with Crippen molar-refractivity contribution in [3.63, 3.8) is 0 Å². The van der Waals surface area contributed by atoms with Crippen molar-refractivity contribution in [3.8, 4) is 5.75 Å². The lowest BCUT2D eigenvalue weighted by Gasteiger charge is -2.00. The minimum absolute atomic E-state index is 0.844. The van der Waals surface area contributed by atoms with Gasteiger partial charge in [0.1, 0.15) is 12.0 Å². The maximum atomic E-state index is 5.29. The molecule has 13 heavy (non-hydrogen) atoms. The van der Waals surface area contributed by atoms with E-state index in [9.17, 15) is 0 Å². The fourth-order valence-electron chi connectivity index (χ4n) is 0.838. The average molecular weight is 242 g/mol. The summed E-state index contributed by atoms with van der Waals surface area (Å²) in [5, 5.41) is 3.72. The molecule has 0 radical (unpaired) electrons. The predicted octanol–water partition coefficient (Wildman–Crippen LogP) is 2.65. The predicted molar refractivity (Wildman–Crippen MR) is 57.9 cm³/mol. The Morgan fingerprint density at radius 1 is 1.38 bits per heavy atom. The third-order valence-electron chi connectivity index (χ3n) is 1.52. The second kappa shape index (κ2) is 5.65. The summed E-state index contributed by atoms with van der Waals surface area (Å²) in [5.74, 6) is 0.844. The van der Waals surface area contributed by atoms with Crippen molar-refractivity contribution in [2.45, 2.75) is 5.33 Å². The van der Waals surface area contributed by atoms with E-state index >= 15 is 0 Å². The highest BCUT2D eigenvalue weighted by molar-refractivity contribution is 9.08. The van der Waals surface area contributed by atoms with Crippen LogP contribution in [0.4, 0.5) is 0 Å². The normalized spacial score (nSPS) is 10.3. The van der Waals surface area contributed by atoms with E-state index in [0.29, 0.717) is 0 Å². The molecule has 0 heterocycles. The van der Waals surface area contributed by atoms with Crippen LogP contribution in [0.1, 0.15) is 5.56 Å². The highest BCUT2D eigenvalue weighted by atomic mass is 79.9. The summed E-state index contributed by atoms with van der Waals surface area (Å²) in [6.45, 7) is 0. The van der Waals surface area contributed by atoms with E-state index in [1.165, 1.54) is 5.56 Å². The number of hydrogen-bond donors (Lipinski definition) is 1. The fourth-order valence-corrected chi connectivity index (χ4v) is 1.21. The molecule has 0 bridgehead atoms. The average Bonchev–Trinajstić information content (AvgIpc) is 2.19. The zero-order valence-electron chi connectivity index (χ0n) is 7.46. The molecular weight excluding hydrogens is 230 g/mol. The molecular formula is C10H12BrNO. The van der Waals surface area contributed by atoms with E-state index in [1.807, 2.05) is 31.3 Å². The van der Waals surface area contributed by atoms with Gasteiger partial charge in [0.15, 0.2) is 0 Å². The van der Waals surface area contributed by atoms with Gasteiger partial charge in [0, 0.05) is 18.6 Å². The van der Waals surface area contributed by atoms with Crippen molar-refractivity contribution >= 4 is 15.9 Å². The Hall–Kier alpha value is -0.960. The molecule has 0 aliphatic rings. The maximum Gasteiger partial charge on any atom is 0.126 e. The third kappa shape index (κ3) is 3.51. The van der Waals surface area contributed by atoms with Crippen LogP contribution < -0.4 is 10.1 Å². The molecule has 1 rings (SSSR count). The van der Waals surface area contributed by atoms with Crippen molar-refractivity contribution in [3.05, 3.63) is 42.3 Å². The zero-order chi connectivity index (χ0) is 9.52. The van der Waals surface area contributed by atoms with Crippen LogP contribution in [0.25, 0.3) is 0 Å². The first-order chi connectivity index (χ1) is 6.36. The molecule has 0 spiro atoms. The summed E-state index contributed by atoms with van der Waals surface area (Å²) in [4.78, 5) is 0. The summed E-state index contributed by atoms with van der Waals surface area (Å²) < 4.78 is 5.29. The topological polar surface area (TPSA) is 21.3 Å². The quantitative estimate of drug-likeness (QED) is 0.647. The molecule has 0 saturated heterocycles. The van der Waals surface area contributed by atoms with Crippen LogP contribution in [-0.4, -0.2) is 7.05 Å². The van der Waals surface area contributed by atoms with Crippen molar-refractivity contribution in [2.75, 3.05) is 7.05 Å². The largest absolute Gasteiger partial charge is 0.464 e. The van der Waals surface area contributed by atoms with Crippen molar-refractivity contribution in [1.82, 2.24) is 5.32 Å². The molecule has 2 nitrogen and oxygen atoms in total. The van der Waals surface area contributed by atoms with Crippen LogP contribution in [0.15, 0.2) is 36.7 Å². The molecule has 0 atom stereocenters. The molecule has 0 aromatic heterocycles. The lowest BCUT2D eigenvalue weighted by Crippen LogP contribution is -1.93. The first kappa shape index (κ1) is 10.1. The van der Waals surface area contributed by atoms with Crippen LogP contribution in [0.5, 0.6) is 5.75 Å². The lowest BCUT2D eigenvalue weighted by molar-refractivity contribution is 0.477. The maximum absolute atomic E-state index is 5.29. The summed E-state index contributed by atoms with van der Waals surface area (Å²) in [5.41, 5.74) is 1.24. The van der Waals surface area contributed by atoms with Gasteiger partial charge < -0.3 is 10.1 Å². The number of benzene rings is 1. The Labute approximate surface area is 86.7 Å². The van der Waals surface area contributed by atoms with Gasteiger partial charge in [0.25, 0.3) is 0 Å². The molecule has 0 aliphatic carbocycles. The van der Waals surface area contributed by atoms with Gasteiger partial charge in [-0.25, -0.2) is 0 Å². The molecule has 1 aromatic carbocycles. The highest BCUT2D eigenvalue weighted by Crippen LogP contribution is 2.13. The number of hydrogen-bond acceptors (Lipinski definition) is 2. The Bertz CT molecular complexity index is 269. The molecule has 3 heteroatoms. The molecule has 0 unspecified atom stereocenters. The van der Waals surface area contributed by atoms with Gasteiger partial charge in [0.05, 0.1) is 0 Å². The number of ether oxygens (including phenoxy) is 1. The smallest absolute Gasteiger partial charge is 0.126 e. The van der Waals surface area contributed by atoms with Gasteiger partial charge in [-0.2, -0.15) is 0 Å². The first-order valence-corrected chi connectivity index (χ1v) is 5.13. The van der Waals surface area contributed by atoms with Gasteiger partial charge >= 0.3 is 0 Å². The van der Waals surface area contributed by atoms with Gasteiger partial charge in [0.2, 0.25) is 0 Å². The number of rotatable bonds is 4. The second-order valence-electron chi connectivity index (χ2n) is 2.49. The van der Waals surface area contributed by atoms with Gasteiger partial charge in [-0.3, -0.25) is 0 Å². The Morgan fingerprint density at radius 3 is 2.62 bits per heavy atom. The SMILES string of the molecule is CNC=COc1ccc(CBr)cc1. The van der Waals surface area contributed by atoms with Crippen LogP contribution in [0.2, 0.25) is 0 Å². The Balaban J connectivity index is 2.54. The van der Waals surface area contributed by atoms with E-state index in [0.717, 1.165) is 11.1 Å². The molecule has 0 aliphatic heterocycles.